The summed E-state index contributed by atoms with van der Waals surface area (Å²) in [6.45, 7) is 1.93. The molecule has 0 radical (unpaired) electrons. The van der Waals surface area contributed by atoms with Crippen molar-refractivity contribution in [2.75, 3.05) is 0 Å². The number of aryl methyl sites for hydroxylation is 1. The molecule has 2 heteroatoms. The van der Waals surface area contributed by atoms with Crippen LogP contribution in [0.25, 0.3) is 0 Å². The molecule has 0 unspecified atom stereocenters. The minimum atomic E-state index is -0.171. The summed E-state index contributed by atoms with van der Waals surface area (Å²) in [6, 6.07) is 6.40. The van der Waals surface area contributed by atoms with E-state index in [9.17, 15) is 4.39 Å². The number of halogens is 2. The summed E-state index contributed by atoms with van der Waals surface area (Å²) in [7, 11) is 0. The number of hydrogen-bond acceptors (Lipinski definition) is 0. The first-order valence-electron chi connectivity index (χ1n) is 2.51. The lowest BCUT2D eigenvalue weighted by molar-refractivity contribution is 0.627. The first-order valence-corrected chi connectivity index (χ1v) is 2.51. The van der Waals surface area contributed by atoms with Gasteiger partial charge in [0, 0.05) is 0 Å². The highest BCUT2D eigenvalue weighted by Gasteiger charge is 1.83. The SMILES string of the molecule is Cc1ccc(F)cc1.Cl. The van der Waals surface area contributed by atoms with Gasteiger partial charge in [-0.3, -0.25) is 0 Å². The van der Waals surface area contributed by atoms with Crippen LogP contribution in [0.1, 0.15) is 5.56 Å². The van der Waals surface area contributed by atoms with Crippen LogP contribution < -0.4 is 0 Å². The predicted octanol–water partition coefficient (Wildman–Crippen LogP) is 2.56. The van der Waals surface area contributed by atoms with E-state index in [0.29, 0.717) is 0 Å². The summed E-state index contributed by atoms with van der Waals surface area (Å²) in [5.41, 5.74) is 1.09. The molecule has 0 amide bonds. The highest BCUT2D eigenvalue weighted by atomic mass is 35.5. The van der Waals surface area contributed by atoms with Gasteiger partial charge in [0.15, 0.2) is 0 Å². The van der Waals surface area contributed by atoms with Crippen molar-refractivity contribution >= 4 is 12.4 Å². The molecular formula is C7H8ClF. The average molecular weight is 147 g/mol. The first kappa shape index (κ1) is 8.44. The molecule has 0 nitrogen and oxygen atoms in total. The molecule has 0 atom stereocenters. The van der Waals surface area contributed by atoms with Gasteiger partial charge in [0.2, 0.25) is 0 Å². The lowest BCUT2D eigenvalue weighted by Gasteiger charge is -1.87. The molecule has 0 aromatic heterocycles. The molecule has 9 heavy (non-hydrogen) atoms. The van der Waals surface area contributed by atoms with Crippen LogP contribution in [-0.2, 0) is 0 Å². The molecule has 0 aliphatic carbocycles. The molecule has 0 saturated heterocycles. The smallest absolute Gasteiger partial charge is 0.123 e. The summed E-state index contributed by atoms with van der Waals surface area (Å²) in [6.07, 6.45) is 0. The fraction of sp³-hybridized carbons (Fsp3) is 0.143. The van der Waals surface area contributed by atoms with Crippen LogP contribution in [0.3, 0.4) is 0 Å². The van der Waals surface area contributed by atoms with E-state index in [1.807, 2.05) is 6.92 Å². The zero-order valence-electron chi connectivity index (χ0n) is 5.10. The summed E-state index contributed by atoms with van der Waals surface area (Å²) >= 11 is 0. The van der Waals surface area contributed by atoms with Crippen LogP contribution >= 0.6 is 12.4 Å². The molecule has 50 valence electrons. The summed E-state index contributed by atoms with van der Waals surface area (Å²) in [5.74, 6) is -0.171. The summed E-state index contributed by atoms with van der Waals surface area (Å²) in [5, 5.41) is 0. The fourth-order valence-corrected chi connectivity index (χ4v) is 0.533. The molecule has 0 N–H and O–H groups in total. The maximum absolute atomic E-state index is 12.1. The molecule has 1 rings (SSSR count). The van der Waals surface area contributed by atoms with Gasteiger partial charge in [-0.1, -0.05) is 17.7 Å². The highest BCUT2D eigenvalue weighted by Crippen LogP contribution is 1.98. The Kier molecular flexibility index (Phi) is 3.25. The van der Waals surface area contributed by atoms with Crippen molar-refractivity contribution in [1.29, 1.82) is 0 Å². The number of hydrogen-bond donors (Lipinski definition) is 0. The monoisotopic (exact) mass is 146 g/mol. The van der Waals surface area contributed by atoms with Crippen molar-refractivity contribution in [1.82, 2.24) is 0 Å². The summed E-state index contributed by atoms with van der Waals surface area (Å²) in [4.78, 5) is 0. The third kappa shape index (κ3) is 2.47. The lowest BCUT2D eigenvalue weighted by Crippen LogP contribution is -1.71. The Morgan fingerprint density at radius 1 is 1.11 bits per heavy atom. The van der Waals surface area contributed by atoms with Crippen LogP contribution in [0.2, 0.25) is 0 Å². The van der Waals surface area contributed by atoms with Gasteiger partial charge in [0.1, 0.15) is 5.82 Å². The topological polar surface area (TPSA) is 0 Å². The molecule has 0 spiro atoms. The van der Waals surface area contributed by atoms with Crippen LogP contribution in [0, 0.1) is 12.7 Å². The van der Waals surface area contributed by atoms with E-state index in [1.54, 1.807) is 12.1 Å². The van der Waals surface area contributed by atoms with Gasteiger partial charge in [0.05, 0.1) is 0 Å². The second kappa shape index (κ2) is 3.46. The van der Waals surface area contributed by atoms with Crippen LogP contribution in [0.5, 0.6) is 0 Å². The number of rotatable bonds is 0. The predicted molar refractivity (Wildman–Crippen MR) is 38.4 cm³/mol. The van der Waals surface area contributed by atoms with E-state index < -0.39 is 0 Å². The van der Waals surface area contributed by atoms with Crippen molar-refractivity contribution in [3.63, 3.8) is 0 Å². The van der Waals surface area contributed by atoms with Gasteiger partial charge in [-0.2, -0.15) is 0 Å². The minimum Gasteiger partial charge on any atom is -0.207 e. The molecule has 0 heterocycles. The molecule has 0 aliphatic rings. The molecule has 0 aliphatic heterocycles. The molecule has 0 fully saturated rings. The third-order valence-corrected chi connectivity index (χ3v) is 1.01. The van der Waals surface area contributed by atoms with Crippen molar-refractivity contribution in [2.45, 2.75) is 6.92 Å². The number of benzene rings is 1. The van der Waals surface area contributed by atoms with Gasteiger partial charge in [0.25, 0.3) is 0 Å². The van der Waals surface area contributed by atoms with Crippen molar-refractivity contribution in [3.8, 4) is 0 Å². The van der Waals surface area contributed by atoms with Gasteiger partial charge in [-0.25, -0.2) is 4.39 Å². The van der Waals surface area contributed by atoms with Gasteiger partial charge in [-0.15, -0.1) is 12.4 Å². The summed E-state index contributed by atoms with van der Waals surface area (Å²) < 4.78 is 12.1. The minimum absolute atomic E-state index is 0. The average Bonchev–Trinajstić information content (AvgIpc) is 1.77. The Bertz CT molecular complexity index is 148. The Labute approximate surface area is 60.1 Å². The van der Waals surface area contributed by atoms with Gasteiger partial charge in [-0.05, 0) is 19.1 Å². The quantitative estimate of drug-likeness (QED) is 0.528. The van der Waals surface area contributed by atoms with Crippen molar-refractivity contribution in [3.05, 3.63) is 35.6 Å². The lowest BCUT2D eigenvalue weighted by atomic mass is 10.2. The van der Waals surface area contributed by atoms with E-state index in [-0.39, 0.29) is 18.2 Å². The third-order valence-electron chi connectivity index (χ3n) is 1.01. The fourth-order valence-electron chi connectivity index (χ4n) is 0.533. The van der Waals surface area contributed by atoms with Crippen molar-refractivity contribution in [2.24, 2.45) is 0 Å². The maximum atomic E-state index is 12.1. The Hall–Kier alpha value is -0.560. The standard InChI is InChI=1S/C7H7F.ClH/c1-6-2-4-7(8)5-3-6;/h2-5H,1H3;1H. The van der Waals surface area contributed by atoms with E-state index in [0.717, 1.165) is 5.56 Å². The molecule has 0 bridgehead atoms. The van der Waals surface area contributed by atoms with Crippen LogP contribution in [-0.4, -0.2) is 0 Å². The molecule has 1 aromatic rings. The van der Waals surface area contributed by atoms with Gasteiger partial charge >= 0.3 is 0 Å². The maximum Gasteiger partial charge on any atom is 0.123 e. The largest absolute Gasteiger partial charge is 0.207 e. The Morgan fingerprint density at radius 3 is 1.89 bits per heavy atom. The highest BCUT2D eigenvalue weighted by molar-refractivity contribution is 5.85. The zero-order valence-corrected chi connectivity index (χ0v) is 5.91. The van der Waals surface area contributed by atoms with E-state index in [4.69, 9.17) is 0 Å². The second-order valence-electron chi connectivity index (χ2n) is 1.80. The van der Waals surface area contributed by atoms with Crippen LogP contribution in [0.15, 0.2) is 24.3 Å². The molecule has 1 aromatic carbocycles. The van der Waals surface area contributed by atoms with E-state index in [2.05, 4.69) is 0 Å². The molecule has 0 saturated carbocycles. The molecular weight excluding hydrogens is 139 g/mol. The van der Waals surface area contributed by atoms with E-state index in [1.165, 1.54) is 12.1 Å². The second-order valence-corrected chi connectivity index (χ2v) is 1.80. The van der Waals surface area contributed by atoms with E-state index >= 15 is 0 Å². The van der Waals surface area contributed by atoms with Gasteiger partial charge < -0.3 is 0 Å². The normalized spacial score (nSPS) is 8.22. The Morgan fingerprint density at radius 2 is 1.56 bits per heavy atom. The first-order chi connectivity index (χ1) is 3.79. The van der Waals surface area contributed by atoms with Crippen molar-refractivity contribution < 1.29 is 4.39 Å². The Balaban J connectivity index is 0.000000640. The zero-order chi connectivity index (χ0) is 5.98. The van der Waals surface area contributed by atoms with Crippen LogP contribution in [0.4, 0.5) is 4.39 Å².